The molecule has 0 aliphatic heterocycles. The monoisotopic (exact) mass is 420 g/mol. The molecule has 0 saturated heterocycles. The molecule has 0 saturated carbocycles. The van der Waals surface area contributed by atoms with Crippen LogP contribution in [0.5, 0.6) is 11.5 Å². The maximum absolute atomic E-state index is 12.8. The molecule has 0 unspecified atom stereocenters. The molecule has 4 rings (SSSR count). The predicted molar refractivity (Wildman–Crippen MR) is 119 cm³/mol. The quantitative estimate of drug-likeness (QED) is 0.457. The molecule has 0 spiro atoms. The molecule has 1 heterocycles. The Balaban J connectivity index is 1.58. The maximum atomic E-state index is 12.8. The van der Waals surface area contributed by atoms with Crippen LogP contribution in [0.4, 0.5) is 5.69 Å². The van der Waals surface area contributed by atoms with Crippen molar-refractivity contribution in [2.75, 3.05) is 19.0 Å². The minimum absolute atomic E-state index is 0.143. The third-order valence-electron chi connectivity index (χ3n) is 4.66. The Morgan fingerprint density at radius 3 is 2.30 bits per heavy atom. The van der Waals surface area contributed by atoms with Gasteiger partial charge in [-0.05, 0) is 53.6 Å². The zero-order chi connectivity index (χ0) is 21.1. The van der Waals surface area contributed by atoms with Crippen molar-refractivity contribution in [2.24, 2.45) is 0 Å². The molecule has 3 aromatic carbocycles. The second-order valence-electron chi connectivity index (χ2n) is 6.99. The van der Waals surface area contributed by atoms with E-state index in [1.807, 2.05) is 73.6 Å². The van der Waals surface area contributed by atoms with Crippen molar-refractivity contribution < 1.29 is 4.74 Å². The number of benzene rings is 3. The molecule has 0 radical (unpaired) electrons. The van der Waals surface area contributed by atoms with Crippen molar-refractivity contribution in [3.05, 3.63) is 100 Å². The molecule has 0 aliphatic rings. The lowest BCUT2D eigenvalue weighted by Crippen LogP contribution is -2.24. The van der Waals surface area contributed by atoms with Gasteiger partial charge in [-0.2, -0.15) is 4.68 Å². The molecule has 152 valence electrons. The first-order valence-electron chi connectivity index (χ1n) is 9.47. The van der Waals surface area contributed by atoms with Gasteiger partial charge in [-0.25, -0.2) is 4.79 Å². The Kier molecular flexibility index (Phi) is 5.59. The lowest BCUT2D eigenvalue weighted by molar-refractivity contribution is 0.483. The Bertz CT molecular complexity index is 1200. The largest absolute Gasteiger partial charge is 0.455 e. The van der Waals surface area contributed by atoms with E-state index < -0.39 is 0 Å². The number of ether oxygens (including phenoxy) is 1. The minimum Gasteiger partial charge on any atom is -0.455 e. The molecular formula is C23H21ClN4O2. The molecule has 0 aliphatic carbocycles. The average molecular weight is 421 g/mol. The summed E-state index contributed by atoms with van der Waals surface area (Å²) in [5.74, 6) is 1.42. The molecule has 30 heavy (non-hydrogen) atoms. The average Bonchev–Trinajstić information content (AvgIpc) is 3.03. The molecule has 0 atom stereocenters. The lowest BCUT2D eigenvalue weighted by atomic mass is 10.2. The fraction of sp³-hybridized carbons (Fsp3) is 0.130. The number of para-hydroxylation sites is 2. The van der Waals surface area contributed by atoms with Crippen LogP contribution >= 0.6 is 11.6 Å². The van der Waals surface area contributed by atoms with Gasteiger partial charge >= 0.3 is 5.69 Å². The summed E-state index contributed by atoms with van der Waals surface area (Å²) in [6.07, 6.45) is 0. The molecular weight excluding hydrogens is 400 g/mol. The smallest absolute Gasteiger partial charge is 0.352 e. The van der Waals surface area contributed by atoms with Gasteiger partial charge in [0, 0.05) is 14.1 Å². The first kappa shape index (κ1) is 19.8. The van der Waals surface area contributed by atoms with Gasteiger partial charge in [-0.3, -0.25) is 4.57 Å². The van der Waals surface area contributed by atoms with Crippen molar-refractivity contribution in [1.29, 1.82) is 0 Å². The van der Waals surface area contributed by atoms with Crippen molar-refractivity contribution in [3.63, 3.8) is 0 Å². The van der Waals surface area contributed by atoms with Crippen molar-refractivity contribution in [1.82, 2.24) is 14.3 Å². The third kappa shape index (κ3) is 4.09. The summed E-state index contributed by atoms with van der Waals surface area (Å²) in [7, 11) is 3.93. The fourth-order valence-corrected chi connectivity index (χ4v) is 3.34. The third-order valence-corrected chi connectivity index (χ3v) is 4.94. The predicted octanol–water partition coefficient (Wildman–Crippen LogP) is 4.59. The summed E-state index contributed by atoms with van der Waals surface area (Å²) in [5, 5.41) is 4.36. The number of aromatic nitrogens is 3. The Morgan fingerprint density at radius 2 is 1.60 bits per heavy atom. The van der Waals surface area contributed by atoms with Crippen LogP contribution < -0.4 is 15.3 Å². The first-order chi connectivity index (χ1) is 14.5. The van der Waals surface area contributed by atoms with Crippen LogP contribution in [0.15, 0.2) is 83.7 Å². The topological polar surface area (TPSA) is 52.3 Å². The number of hydrogen-bond acceptors (Lipinski definition) is 4. The second-order valence-corrected chi connectivity index (χ2v) is 7.33. The molecule has 0 N–H and O–H groups in total. The van der Waals surface area contributed by atoms with Crippen molar-refractivity contribution in [3.8, 4) is 17.2 Å². The zero-order valence-electron chi connectivity index (χ0n) is 16.7. The highest BCUT2D eigenvalue weighted by Crippen LogP contribution is 2.31. The van der Waals surface area contributed by atoms with Crippen molar-refractivity contribution >= 4 is 17.3 Å². The van der Waals surface area contributed by atoms with E-state index in [0.29, 0.717) is 18.0 Å². The van der Waals surface area contributed by atoms with Crippen LogP contribution in [0.2, 0.25) is 5.28 Å². The summed E-state index contributed by atoms with van der Waals surface area (Å²) >= 11 is 6.24. The standard InChI is InChI=1S/C23H21ClN4O2/c1-26(2)20-10-6-7-11-21(20)30-19-14-12-18(13-15-19)28-23(29)27(22(24)25-28)16-17-8-4-3-5-9-17/h3-15H,16H2,1-2H3. The highest BCUT2D eigenvalue weighted by molar-refractivity contribution is 6.28. The van der Waals surface area contributed by atoms with E-state index in [9.17, 15) is 4.79 Å². The van der Waals surface area contributed by atoms with Gasteiger partial charge in [-0.1, -0.05) is 42.5 Å². The Labute approximate surface area is 179 Å². The fourth-order valence-electron chi connectivity index (χ4n) is 3.13. The second kappa shape index (κ2) is 8.47. The van der Waals surface area contributed by atoms with E-state index in [1.165, 1.54) is 9.25 Å². The number of halogens is 1. The van der Waals surface area contributed by atoms with E-state index in [2.05, 4.69) is 5.10 Å². The summed E-state index contributed by atoms with van der Waals surface area (Å²) < 4.78 is 8.75. The molecule has 0 amide bonds. The summed E-state index contributed by atoms with van der Waals surface area (Å²) in [6.45, 7) is 0.362. The molecule has 1 aromatic heterocycles. The van der Waals surface area contributed by atoms with E-state index in [-0.39, 0.29) is 11.0 Å². The van der Waals surface area contributed by atoms with Gasteiger partial charge in [-0.15, -0.1) is 5.10 Å². The molecule has 4 aromatic rings. The van der Waals surface area contributed by atoms with Crippen molar-refractivity contribution in [2.45, 2.75) is 6.54 Å². The number of anilines is 1. The summed E-state index contributed by atoms with van der Waals surface area (Å²) in [5.41, 5.74) is 2.27. The van der Waals surface area contributed by atoms with Crippen LogP contribution in [0.3, 0.4) is 0 Å². The van der Waals surface area contributed by atoms with Crippen LogP contribution in [-0.4, -0.2) is 28.4 Å². The maximum Gasteiger partial charge on any atom is 0.352 e. The number of hydrogen-bond donors (Lipinski definition) is 0. The number of nitrogens with zero attached hydrogens (tertiary/aromatic N) is 4. The van der Waals surface area contributed by atoms with Crippen LogP contribution in [0, 0.1) is 0 Å². The van der Waals surface area contributed by atoms with E-state index >= 15 is 0 Å². The first-order valence-corrected chi connectivity index (χ1v) is 9.84. The van der Waals surface area contributed by atoms with E-state index in [0.717, 1.165) is 17.0 Å². The van der Waals surface area contributed by atoms with Gasteiger partial charge in [0.2, 0.25) is 5.28 Å². The number of rotatable bonds is 6. The van der Waals surface area contributed by atoms with Gasteiger partial charge in [0.25, 0.3) is 0 Å². The Hall–Kier alpha value is -3.51. The SMILES string of the molecule is CN(C)c1ccccc1Oc1ccc(-n2nc(Cl)n(Cc3ccccc3)c2=O)cc1. The van der Waals surface area contributed by atoms with Crippen LogP contribution in [0.1, 0.15) is 5.56 Å². The highest BCUT2D eigenvalue weighted by atomic mass is 35.5. The highest BCUT2D eigenvalue weighted by Gasteiger charge is 2.14. The normalized spacial score (nSPS) is 10.8. The molecule has 0 bridgehead atoms. The van der Waals surface area contributed by atoms with Crippen LogP contribution in [-0.2, 0) is 6.54 Å². The van der Waals surface area contributed by atoms with Gasteiger partial charge in [0.05, 0.1) is 17.9 Å². The lowest BCUT2D eigenvalue weighted by Gasteiger charge is -2.17. The molecule has 7 heteroatoms. The zero-order valence-corrected chi connectivity index (χ0v) is 17.5. The van der Waals surface area contributed by atoms with Gasteiger partial charge in [0.1, 0.15) is 5.75 Å². The summed E-state index contributed by atoms with van der Waals surface area (Å²) in [6, 6.07) is 24.6. The molecule has 0 fully saturated rings. The van der Waals surface area contributed by atoms with E-state index in [1.54, 1.807) is 24.3 Å². The Morgan fingerprint density at radius 1 is 0.933 bits per heavy atom. The minimum atomic E-state index is -0.296. The van der Waals surface area contributed by atoms with E-state index in [4.69, 9.17) is 16.3 Å². The summed E-state index contributed by atoms with van der Waals surface area (Å²) in [4.78, 5) is 14.8. The van der Waals surface area contributed by atoms with Gasteiger partial charge < -0.3 is 9.64 Å². The molecule has 6 nitrogen and oxygen atoms in total. The van der Waals surface area contributed by atoms with Gasteiger partial charge in [0.15, 0.2) is 5.75 Å². The van der Waals surface area contributed by atoms with Crippen LogP contribution in [0.25, 0.3) is 5.69 Å².